The van der Waals surface area contributed by atoms with Crippen molar-refractivity contribution in [1.29, 1.82) is 0 Å². The number of aromatic nitrogens is 1. The lowest BCUT2D eigenvalue weighted by Gasteiger charge is -2.30. The number of nitrogens with zero attached hydrogens (tertiary/aromatic N) is 1. The fourth-order valence-electron chi connectivity index (χ4n) is 2.93. The maximum absolute atomic E-state index is 12.3. The molecule has 1 fully saturated rings. The number of aliphatic hydroxyl groups excluding tert-OH is 1. The van der Waals surface area contributed by atoms with Crippen LogP contribution in [0.4, 0.5) is 5.13 Å². The van der Waals surface area contributed by atoms with Crippen molar-refractivity contribution in [2.75, 3.05) is 11.9 Å². The van der Waals surface area contributed by atoms with Crippen LogP contribution in [-0.4, -0.2) is 34.6 Å². The molecular formula is C15H23N3O3S. The number of aliphatic hydroxyl groups is 1. The maximum Gasteiger partial charge on any atom is 0.271 e. The van der Waals surface area contributed by atoms with E-state index < -0.39 is 0 Å². The van der Waals surface area contributed by atoms with Crippen LogP contribution in [-0.2, 0) is 4.79 Å². The normalized spacial score (nSPS) is 17.0. The Kier molecular flexibility index (Phi) is 6.33. The minimum absolute atomic E-state index is 0.0104. The Morgan fingerprint density at radius 3 is 2.77 bits per heavy atom. The van der Waals surface area contributed by atoms with Gasteiger partial charge in [0.1, 0.15) is 5.69 Å². The van der Waals surface area contributed by atoms with Crippen molar-refractivity contribution < 1.29 is 14.7 Å². The number of nitrogens with one attached hydrogen (secondary N) is 2. The standard InChI is InChI=1S/C15H23N3O3S/c1-10(20)16-15-18-13(9-22-15)14(21)17-12(7-8-19)11-5-3-2-4-6-11/h9,11-12,19H,2-8H2,1H3,(H,17,21)(H,16,18,20). The van der Waals surface area contributed by atoms with Crippen molar-refractivity contribution in [1.82, 2.24) is 10.3 Å². The van der Waals surface area contributed by atoms with Gasteiger partial charge in [-0.15, -0.1) is 11.3 Å². The highest BCUT2D eigenvalue weighted by molar-refractivity contribution is 7.14. The second-order valence-corrected chi connectivity index (χ2v) is 6.57. The molecule has 1 atom stereocenters. The van der Waals surface area contributed by atoms with Gasteiger partial charge in [-0.3, -0.25) is 9.59 Å². The van der Waals surface area contributed by atoms with Gasteiger partial charge in [-0.05, 0) is 25.2 Å². The van der Waals surface area contributed by atoms with Gasteiger partial charge >= 0.3 is 0 Å². The summed E-state index contributed by atoms with van der Waals surface area (Å²) in [6, 6.07) is -0.0104. The van der Waals surface area contributed by atoms with Crippen molar-refractivity contribution in [3.05, 3.63) is 11.1 Å². The summed E-state index contributed by atoms with van der Waals surface area (Å²) in [6.07, 6.45) is 6.39. The summed E-state index contributed by atoms with van der Waals surface area (Å²) >= 11 is 1.23. The van der Waals surface area contributed by atoms with Gasteiger partial charge in [0, 0.05) is 25.0 Å². The zero-order valence-corrected chi connectivity index (χ0v) is 13.6. The number of carbonyl (C=O) groups is 2. The topological polar surface area (TPSA) is 91.3 Å². The van der Waals surface area contributed by atoms with E-state index >= 15 is 0 Å². The number of hydrogen-bond acceptors (Lipinski definition) is 5. The molecule has 1 aromatic heterocycles. The van der Waals surface area contributed by atoms with E-state index in [4.69, 9.17) is 0 Å². The molecule has 6 nitrogen and oxygen atoms in total. The first-order valence-corrected chi connectivity index (χ1v) is 8.63. The van der Waals surface area contributed by atoms with Crippen LogP contribution >= 0.6 is 11.3 Å². The molecule has 122 valence electrons. The van der Waals surface area contributed by atoms with E-state index in [9.17, 15) is 14.7 Å². The van der Waals surface area contributed by atoms with Gasteiger partial charge in [-0.1, -0.05) is 19.3 Å². The zero-order valence-electron chi connectivity index (χ0n) is 12.8. The molecule has 1 saturated carbocycles. The molecule has 0 spiro atoms. The SMILES string of the molecule is CC(=O)Nc1nc(C(=O)NC(CCO)C2CCCCC2)cs1. The fraction of sp³-hybridized carbons (Fsp3) is 0.667. The van der Waals surface area contributed by atoms with Crippen LogP contribution in [0.3, 0.4) is 0 Å². The molecule has 1 aliphatic rings. The van der Waals surface area contributed by atoms with Gasteiger partial charge in [0.15, 0.2) is 5.13 Å². The van der Waals surface area contributed by atoms with Crippen LogP contribution < -0.4 is 10.6 Å². The molecule has 7 heteroatoms. The predicted octanol–water partition coefficient (Wildman–Crippen LogP) is 2.16. The molecule has 0 aromatic carbocycles. The molecule has 0 radical (unpaired) electrons. The number of rotatable bonds is 6. The molecule has 2 amide bonds. The number of thiazole rings is 1. The summed E-state index contributed by atoms with van der Waals surface area (Å²) in [5.41, 5.74) is 0.312. The van der Waals surface area contributed by atoms with E-state index in [0.717, 1.165) is 12.8 Å². The Balaban J connectivity index is 1.97. The Bertz CT molecular complexity index is 512. The van der Waals surface area contributed by atoms with E-state index in [-0.39, 0.29) is 24.5 Å². The van der Waals surface area contributed by atoms with Crippen molar-refractivity contribution >= 4 is 28.3 Å². The Morgan fingerprint density at radius 1 is 1.41 bits per heavy atom. The lowest BCUT2D eigenvalue weighted by molar-refractivity contribution is -0.114. The minimum Gasteiger partial charge on any atom is -0.396 e. The number of hydrogen-bond donors (Lipinski definition) is 3. The first kappa shape index (κ1) is 16.9. The summed E-state index contributed by atoms with van der Waals surface area (Å²) in [5.74, 6) is -0.0168. The van der Waals surface area contributed by atoms with Crippen LogP contribution in [0.5, 0.6) is 0 Å². The molecule has 0 aliphatic heterocycles. The van der Waals surface area contributed by atoms with Gasteiger partial charge in [-0.25, -0.2) is 4.98 Å². The Hall–Kier alpha value is -1.47. The third-order valence-electron chi connectivity index (χ3n) is 4.00. The van der Waals surface area contributed by atoms with Crippen LogP contribution in [0.15, 0.2) is 5.38 Å². The summed E-state index contributed by atoms with van der Waals surface area (Å²) in [5, 5.41) is 16.9. The number of amides is 2. The van der Waals surface area contributed by atoms with Crippen molar-refractivity contribution in [3.8, 4) is 0 Å². The van der Waals surface area contributed by atoms with Gasteiger partial charge in [-0.2, -0.15) is 0 Å². The lowest BCUT2D eigenvalue weighted by Crippen LogP contribution is -2.41. The second-order valence-electron chi connectivity index (χ2n) is 5.71. The van der Waals surface area contributed by atoms with E-state index in [1.165, 1.54) is 37.5 Å². The van der Waals surface area contributed by atoms with Crippen molar-refractivity contribution in [2.45, 2.75) is 51.5 Å². The molecule has 1 aliphatic carbocycles. The zero-order chi connectivity index (χ0) is 15.9. The Morgan fingerprint density at radius 2 is 2.14 bits per heavy atom. The van der Waals surface area contributed by atoms with E-state index in [0.29, 0.717) is 23.2 Å². The molecule has 2 rings (SSSR count). The third-order valence-corrected chi connectivity index (χ3v) is 4.75. The molecular weight excluding hydrogens is 302 g/mol. The highest BCUT2D eigenvalue weighted by Crippen LogP contribution is 2.28. The molecule has 0 bridgehead atoms. The molecule has 3 N–H and O–H groups in total. The van der Waals surface area contributed by atoms with Crippen LogP contribution in [0.25, 0.3) is 0 Å². The highest BCUT2D eigenvalue weighted by atomic mass is 32.1. The van der Waals surface area contributed by atoms with Gasteiger partial charge in [0.05, 0.1) is 0 Å². The highest BCUT2D eigenvalue weighted by Gasteiger charge is 2.25. The molecule has 1 aromatic rings. The summed E-state index contributed by atoms with van der Waals surface area (Å²) in [4.78, 5) is 27.4. The van der Waals surface area contributed by atoms with E-state index in [1.807, 2.05) is 0 Å². The van der Waals surface area contributed by atoms with Crippen LogP contribution in [0, 0.1) is 5.92 Å². The molecule has 0 saturated heterocycles. The first-order valence-electron chi connectivity index (χ1n) is 7.75. The van der Waals surface area contributed by atoms with Gasteiger partial charge in [0.2, 0.25) is 5.91 Å². The maximum atomic E-state index is 12.3. The summed E-state index contributed by atoms with van der Waals surface area (Å²) in [6.45, 7) is 1.47. The number of carbonyl (C=O) groups excluding carboxylic acids is 2. The summed E-state index contributed by atoms with van der Waals surface area (Å²) in [7, 11) is 0. The molecule has 1 unspecified atom stereocenters. The lowest BCUT2D eigenvalue weighted by atomic mass is 9.82. The molecule has 1 heterocycles. The second kappa shape index (κ2) is 8.24. The van der Waals surface area contributed by atoms with Crippen molar-refractivity contribution in [3.63, 3.8) is 0 Å². The monoisotopic (exact) mass is 325 g/mol. The van der Waals surface area contributed by atoms with E-state index in [2.05, 4.69) is 15.6 Å². The quantitative estimate of drug-likeness (QED) is 0.747. The summed E-state index contributed by atoms with van der Waals surface area (Å²) < 4.78 is 0. The molecule has 22 heavy (non-hydrogen) atoms. The number of anilines is 1. The minimum atomic E-state index is -0.239. The smallest absolute Gasteiger partial charge is 0.271 e. The van der Waals surface area contributed by atoms with Gasteiger partial charge < -0.3 is 15.7 Å². The average molecular weight is 325 g/mol. The average Bonchev–Trinajstić information content (AvgIpc) is 2.95. The first-order chi connectivity index (χ1) is 10.6. The van der Waals surface area contributed by atoms with E-state index in [1.54, 1.807) is 5.38 Å². The van der Waals surface area contributed by atoms with Crippen molar-refractivity contribution in [2.24, 2.45) is 5.92 Å². The third kappa shape index (κ3) is 4.78. The fourth-order valence-corrected chi connectivity index (χ4v) is 3.67. The largest absolute Gasteiger partial charge is 0.396 e. The Labute approximate surface area is 134 Å². The van der Waals surface area contributed by atoms with Crippen LogP contribution in [0.1, 0.15) is 55.9 Å². The van der Waals surface area contributed by atoms with Crippen LogP contribution in [0.2, 0.25) is 0 Å². The van der Waals surface area contributed by atoms with Gasteiger partial charge in [0.25, 0.3) is 5.91 Å². The predicted molar refractivity (Wildman–Crippen MR) is 85.9 cm³/mol.